The second-order valence-corrected chi connectivity index (χ2v) is 9.09. The molecule has 0 spiro atoms. The van der Waals surface area contributed by atoms with Crippen LogP contribution in [0.2, 0.25) is 0 Å². The van der Waals surface area contributed by atoms with Gasteiger partial charge in [0.15, 0.2) is 6.29 Å². The number of esters is 1. The van der Waals surface area contributed by atoms with Gasteiger partial charge in [0.1, 0.15) is 6.10 Å². The first-order valence-corrected chi connectivity index (χ1v) is 12.6. The Morgan fingerprint density at radius 1 is 0.759 bits per heavy atom. The van der Waals surface area contributed by atoms with E-state index in [1.54, 1.807) is 0 Å². The number of unbranched alkanes of at least 4 members (excludes halogenated alkanes) is 14. The number of hydrogen-bond donors (Lipinski definition) is 0. The van der Waals surface area contributed by atoms with E-state index in [-0.39, 0.29) is 18.4 Å². The van der Waals surface area contributed by atoms with Crippen molar-refractivity contribution in [1.82, 2.24) is 0 Å². The van der Waals surface area contributed by atoms with Gasteiger partial charge in [0.05, 0.1) is 13.2 Å². The van der Waals surface area contributed by atoms with Gasteiger partial charge < -0.3 is 14.2 Å². The van der Waals surface area contributed by atoms with Crippen molar-refractivity contribution >= 4 is 5.97 Å². The topological polar surface area (TPSA) is 44.8 Å². The fraction of sp³-hybridized carbons (Fsp3) is 0.960. The number of rotatable bonds is 18. The van der Waals surface area contributed by atoms with E-state index < -0.39 is 0 Å². The third-order valence-electron chi connectivity index (χ3n) is 5.72. The molecule has 29 heavy (non-hydrogen) atoms. The zero-order chi connectivity index (χ0) is 21.2. The molecule has 0 aromatic rings. The third-order valence-corrected chi connectivity index (χ3v) is 5.72. The average Bonchev–Trinajstić information content (AvgIpc) is 2.71. The van der Waals surface area contributed by atoms with Crippen molar-refractivity contribution < 1.29 is 19.0 Å². The summed E-state index contributed by atoms with van der Waals surface area (Å²) in [6.45, 7) is 7.31. The Labute approximate surface area is 180 Å². The van der Waals surface area contributed by atoms with Crippen LogP contribution in [0.15, 0.2) is 0 Å². The van der Waals surface area contributed by atoms with E-state index in [4.69, 9.17) is 14.2 Å². The van der Waals surface area contributed by atoms with E-state index in [1.807, 2.05) is 0 Å². The number of hydrogen-bond acceptors (Lipinski definition) is 4. The fourth-order valence-electron chi connectivity index (χ4n) is 3.84. The summed E-state index contributed by atoms with van der Waals surface area (Å²) in [6, 6.07) is 0. The van der Waals surface area contributed by atoms with Gasteiger partial charge in [-0.2, -0.15) is 0 Å². The van der Waals surface area contributed by atoms with Crippen molar-refractivity contribution in [3.8, 4) is 0 Å². The first kappa shape index (κ1) is 26.4. The maximum absolute atomic E-state index is 11.9. The summed E-state index contributed by atoms with van der Waals surface area (Å²) in [5, 5.41) is 0. The zero-order valence-electron chi connectivity index (χ0n) is 19.6. The Morgan fingerprint density at radius 3 is 1.59 bits per heavy atom. The summed E-state index contributed by atoms with van der Waals surface area (Å²) in [7, 11) is 0. The van der Waals surface area contributed by atoms with Gasteiger partial charge in [0, 0.05) is 12.3 Å². The average molecular weight is 413 g/mol. The molecule has 0 amide bonds. The number of carbonyl (C=O) groups is 1. The first-order chi connectivity index (χ1) is 14.1. The van der Waals surface area contributed by atoms with Crippen LogP contribution >= 0.6 is 0 Å². The van der Waals surface area contributed by atoms with Crippen LogP contribution in [0.1, 0.15) is 124 Å². The van der Waals surface area contributed by atoms with Crippen molar-refractivity contribution in [3.63, 3.8) is 0 Å². The van der Waals surface area contributed by atoms with Crippen LogP contribution in [0.5, 0.6) is 0 Å². The highest BCUT2D eigenvalue weighted by molar-refractivity contribution is 5.69. The van der Waals surface area contributed by atoms with Gasteiger partial charge in [-0.25, -0.2) is 0 Å². The van der Waals surface area contributed by atoms with Gasteiger partial charge in [0.25, 0.3) is 0 Å². The lowest BCUT2D eigenvalue weighted by molar-refractivity contribution is -0.239. The van der Waals surface area contributed by atoms with Gasteiger partial charge in [-0.15, -0.1) is 0 Å². The molecule has 1 fully saturated rings. The molecule has 4 heteroatoms. The van der Waals surface area contributed by atoms with Crippen molar-refractivity contribution in [2.75, 3.05) is 13.2 Å². The minimum atomic E-state index is -0.242. The van der Waals surface area contributed by atoms with Crippen LogP contribution < -0.4 is 0 Å². The van der Waals surface area contributed by atoms with Crippen molar-refractivity contribution in [1.29, 1.82) is 0 Å². The van der Waals surface area contributed by atoms with Gasteiger partial charge in [-0.05, 0) is 6.42 Å². The molecule has 0 radical (unpaired) electrons. The first-order valence-electron chi connectivity index (χ1n) is 12.6. The van der Waals surface area contributed by atoms with Crippen LogP contribution in [-0.4, -0.2) is 31.6 Å². The smallest absolute Gasteiger partial charge is 0.306 e. The molecular weight excluding hydrogens is 364 g/mol. The van der Waals surface area contributed by atoms with Gasteiger partial charge >= 0.3 is 5.97 Å². The minimum absolute atomic E-state index is 0.111. The molecule has 1 rings (SSSR count). The maximum Gasteiger partial charge on any atom is 0.306 e. The molecule has 1 aliphatic rings. The standard InChI is InChI=1S/C25H48O4/c1-4-5-6-7-8-9-10-11-12-13-14-15-16-17-18-19-24(26)29-23-20-27-25(22(2)3)28-21-23/h22-23,25H,4-21H2,1-3H3. The van der Waals surface area contributed by atoms with Gasteiger partial charge in [0.2, 0.25) is 0 Å². The fourth-order valence-corrected chi connectivity index (χ4v) is 3.84. The molecule has 1 saturated heterocycles. The second kappa shape index (κ2) is 18.2. The van der Waals surface area contributed by atoms with Crippen LogP contribution in [0, 0.1) is 5.92 Å². The Kier molecular flexibility index (Phi) is 16.6. The monoisotopic (exact) mass is 412 g/mol. The highest BCUT2D eigenvalue weighted by Crippen LogP contribution is 2.17. The Balaban J connectivity index is 1.80. The molecule has 172 valence electrons. The van der Waals surface area contributed by atoms with Crippen LogP contribution in [0.3, 0.4) is 0 Å². The molecule has 0 atom stereocenters. The maximum atomic E-state index is 11.9. The molecule has 1 aliphatic heterocycles. The molecular formula is C25H48O4. The highest BCUT2D eigenvalue weighted by Gasteiger charge is 2.26. The summed E-state index contributed by atoms with van der Waals surface area (Å²) >= 11 is 0. The summed E-state index contributed by atoms with van der Waals surface area (Å²) in [6.07, 6.45) is 20.1. The summed E-state index contributed by atoms with van der Waals surface area (Å²) < 4.78 is 16.6. The zero-order valence-corrected chi connectivity index (χ0v) is 19.6. The van der Waals surface area contributed by atoms with Crippen molar-refractivity contribution in [2.24, 2.45) is 5.92 Å². The lowest BCUT2D eigenvalue weighted by Gasteiger charge is -2.31. The Bertz CT molecular complexity index is 375. The summed E-state index contributed by atoms with van der Waals surface area (Å²) in [4.78, 5) is 11.9. The molecule has 0 aliphatic carbocycles. The SMILES string of the molecule is CCCCCCCCCCCCCCCCCC(=O)OC1COC(C(C)C)OC1. The van der Waals surface area contributed by atoms with Crippen LogP contribution in [0.4, 0.5) is 0 Å². The number of ether oxygens (including phenoxy) is 3. The van der Waals surface area contributed by atoms with E-state index in [0.717, 1.165) is 12.8 Å². The van der Waals surface area contributed by atoms with E-state index in [0.29, 0.717) is 25.6 Å². The van der Waals surface area contributed by atoms with E-state index in [1.165, 1.54) is 83.5 Å². The van der Waals surface area contributed by atoms with Crippen molar-refractivity contribution in [2.45, 2.75) is 136 Å². The van der Waals surface area contributed by atoms with Gasteiger partial charge in [-0.1, -0.05) is 111 Å². The molecule has 0 bridgehead atoms. The lowest BCUT2D eigenvalue weighted by Crippen LogP contribution is -2.40. The minimum Gasteiger partial charge on any atom is -0.457 e. The van der Waals surface area contributed by atoms with E-state index in [2.05, 4.69) is 20.8 Å². The Morgan fingerprint density at radius 2 is 1.17 bits per heavy atom. The number of carbonyl (C=O) groups excluding carboxylic acids is 1. The van der Waals surface area contributed by atoms with E-state index in [9.17, 15) is 4.79 Å². The second-order valence-electron chi connectivity index (χ2n) is 9.09. The van der Waals surface area contributed by atoms with Crippen LogP contribution in [0.25, 0.3) is 0 Å². The predicted molar refractivity (Wildman–Crippen MR) is 120 cm³/mol. The molecule has 0 aromatic heterocycles. The summed E-state index contributed by atoms with van der Waals surface area (Å²) in [5.74, 6) is 0.215. The quantitative estimate of drug-likeness (QED) is 0.176. The predicted octanol–water partition coefficient (Wildman–Crippen LogP) is 7.19. The molecule has 0 saturated carbocycles. The normalized spacial score (nSPS) is 19.6. The van der Waals surface area contributed by atoms with Gasteiger partial charge in [-0.3, -0.25) is 4.79 Å². The third kappa shape index (κ3) is 14.9. The van der Waals surface area contributed by atoms with Crippen LogP contribution in [-0.2, 0) is 19.0 Å². The largest absolute Gasteiger partial charge is 0.457 e. The van der Waals surface area contributed by atoms with Crippen molar-refractivity contribution in [3.05, 3.63) is 0 Å². The molecule has 0 aromatic carbocycles. The molecule has 0 N–H and O–H groups in total. The molecule has 0 unspecified atom stereocenters. The van der Waals surface area contributed by atoms with E-state index >= 15 is 0 Å². The lowest BCUT2D eigenvalue weighted by atomic mass is 10.0. The summed E-state index contributed by atoms with van der Waals surface area (Å²) in [5.41, 5.74) is 0. The molecule has 1 heterocycles. The molecule has 4 nitrogen and oxygen atoms in total. The highest BCUT2D eigenvalue weighted by atomic mass is 16.7. The Hall–Kier alpha value is -0.610.